The quantitative estimate of drug-likeness (QED) is 0.683. The molecule has 1 aromatic heterocycles. The summed E-state index contributed by atoms with van der Waals surface area (Å²) in [6.45, 7) is 0. The van der Waals surface area contributed by atoms with Crippen LogP contribution in [0.4, 0.5) is 0 Å². The number of halogens is 1. The van der Waals surface area contributed by atoms with Crippen LogP contribution in [0.25, 0.3) is 22.4 Å². The molecule has 0 aliphatic carbocycles. The topological polar surface area (TPSA) is 51.6 Å². The third-order valence-electron chi connectivity index (χ3n) is 3.30. The van der Waals surface area contributed by atoms with Gasteiger partial charge in [0.2, 0.25) is 0 Å². The predicted octanol–water partition coefficient (Wildman–Crippen LogP) is 4.95. The fourth-order valence-electron chi connectivity index (χ4n) is 2.13. The fourth-order valence-corrected chi connectivity index (χ4v) is 3.49. The molecule has 2 aromatic carbocycles. The van der Waals surface area contributed by atoms with Gasteiger partial charge in [0.15, 0.2) is 11.5 Å². The van der Waals surface area contributed by atoms with Gasteiger partial charge in [-0.25, -0.2) is 4.98 Å². The maximum atomic E-state index is 9.83. The summed E-state index contributed by atoms with van der Waals surface area (Å²) < 4.78 is 12.0. The highest BCUT2D eigenvalue weighted by molar-refractivity contribution is 9.10. The summed E-state index contributed by atoms with van der Waals surface area (Å²) in [5, 5.41) is 10.7. The molecule has 23 heavy (non-hydrogen) atoms. The van der Waals surface area contributed by atoms with Crippen molar-refractivity contribution in [3.8, 4) is 17.2 Å². The number of benzene rings is 2. The molecule has 1 heterocycles. The third-order valence-corrected chi connectivity index (χ3v) is 4.89. The second-order valence-corrected chi connectivity index (χ2v) is 6.69. The molecule has 3 aromatic rings. The first-order chi connectivity index (χ1) is 11.1. The molecular weight excluding hydrogens is 378 g/mol. The zero-order valence-corrected chi connectivity index (χ0v) is 14.9. The Morgan fingerprint density at radius 2 is 1.96 bits per heavy atom. The van der Waals surface area contributed by atoms with Gasteiger partial charge in [-0.1, -0.05) is 6.08 Å². The van der Waals surface area contributed by atoms with E-state index < -0.39 is 0 Å². The lowest BCUT2D eigenvalue weighted by molar-refractivity contribution is 0.372. The van der Waals surface area contributed by atoms with E-state index in [1.807, 2.05) is 36.4 Å². The molecule has 0 atom stereocenters. The molecule has 0 saturated carbocycles. The van der Waals surface area contributed by atoms with Gasteiger partial charge in [-0.3, -0.25) is 0 Å². The van der Waals surface area contributed by atoms with Crippen LogP contribution >= 0.6 is 27.3 Å². The van der Waals surface area contributed by atoms with Gasteiger partial charge in [0.25, 0.3) is 0 Å². The number of hydrogen-bond donors (Lipinski definition) is 1. The smallest absolute Gasteiger partial charge is 0.172 e. The van der Waals surface area contributed by atoms with E-state index >= 15 is 0 Å². The van der Waals surface area contributed by atoms with Crippen LogP contribution in [0.5, 0.6) is 17.2 Å². The van der Waals surface area contributed by atoms with E-state index in [0.717, 1.165) is 26.5 Å². The number of nitrogens with zero attached hydrogens (tertiary/aromatic N) is 1. The van der Waals surface area contributed by atoms with E-state index in [0.29, 0.717) is 10.2 Å². The van der Waals surface area contributed by atoms with E-state index in [-0.39, 0.29) is 5.75 Å². The fraction of sp³-hybridized carbons (Fsp3) is 0.118. The SMILES string of the molecule is COc1ccc2nc(/C=C/c3cc(Br)c(O)c(OC)c3)sc2c1. The molecule has 0 unspecified atom stereocenters. The summed E-state index contributed by atoms with van der Waals surface area (Å²) in [4.78, 5) is 4.57. The highest BCUT2D eigenvalue weighted by Gasteiger charge is 2.07. The molecule has 3 rings (SSSR count). The Morgan fingerprint density at radius 1 is 1.13 bits per heavy atom. The highest BCUT2D eigenvalue weighted by Crippen LogP contribution is 2.36. The zero-order chi connectivity index (χ0) is 16.4. The predicted molar refractivity (Wildman–Crippen MR) is 97.5 cm³/mol. The first kappa shape index (κ1) is 15.8. The third kappa shape index (κ3) is 3.33. The van der Waals surface area contributed by atoms with Crippen LogP contribution in [0.15, 0.2) is 34.8 Å². The van der Waals surface area contributed by atoms with Crippen molar-refractivity contribution in [1.29, 1.82) is 0 Å². The number of fused-ring (bicyclic) bond motifs is 1. The normalized spacial score (nSPS) is 11.3. The van der Waals surface area contributed by atoms with Crippen molar-refractivity contribution < 1.29 is 14.6 Å². The van der Waals surface area contributed by atoms with E-state index in [9.17, 15) is 5.11 Å². The first-order valence-corrected chi connectivity index (χ1v) is 8.41. The Morgan fingerprint density at radius 3 is 2.70 bits per heavy atom. The van der Waals surface area contributed by atoms with Crippen LogP contribution in [0.2, 0.25) is 0 Å². The molecule has 0 fully saturated rings. The monoisotopic (exact) mass is 391 g/mol. The summed E-state index contributed by atoms with van der Waals surface area (Å²) >= 11 is 4.91. The Hall–Kier alpha value is -2.05. The molecule has 0 saturated heterocycles. The Bertz CT molecular complexity index is 889. The number of rotatable bonds is 4. The number of thiazole rings is 1. The molecule has 0 spiro atoms. The summed E-state index contributed by atoms with van der Waals surface area (Å²) in [6.07, 6.45) is 3.87. The number of hydrogen-bond acceptors (Lipinski definition) is 5. The van der Waals surface area contributed by atoms with Gasteiger partial charge in [0.05, 0.1) is 28.9 Å². The molecule has 1 N–H and O–H groups in total. The minimum absolute atomic E-state index is 0.0942. The van der Waals surface area contributed by atoms with Crippen molar-refractivity contribution in [2.45, 2.75) is 0 Å². The van der Waals surface area contributed by atoms with Gasteiger partial charge < -0.3 is 14.6 Å². The number of phenolic OH excluding ortho intramolecular Hbond substituents is 1. The van der Waals surface area contributed by atoms with Crippen LogP contribution in [-0.2, 0) is 0 Å². The van der Waals surface area contributed by atoms with Gasteiger partial charge >= 0.3 is 0 Å². The second-order valence-electron chi connectivity index (χ2n) is 4.77. The summed E-state index contributed by atoms with van der Waals surface area (Å²) in [5.74, 6) is 1.34. The van der Waals surface area contributed by atoms with Gasteiger partial charge in [0.1, 0.15) is 10.8 Å². The van der Waals surface area contributed by atoms with Gasteiger partial charge in [-0.05, 0) is 57.9 Å². The van der Waals surface area contributed by atoms with E-state index in [1.165, 1.54) is 7.11 Å². The lowest BCUT2D eigenvalue weighted by atomic mass is 10.2. The molecule has 0 amide bonds. The minimum atomic E-state index is 0.0942. The number of methoxy groups -OCH3 is 2. The molecule has 118 valence electrons. The molecule has 0 radical (unpaired) electrons. The first-order valence-electron chi connectivity index (χ1n) is 6.80. The minimum Gasteiger partial charge on any atom is -0.503 e. The summed E-state index contributed by atoms with van der Waals surface area (Å²) in [6, 6.07) is 9.42. The average molecular weight is 392 g/mol. The van der Waals surface area contributed by atoms with E-state index in [2.05, 4.69) is 20.9 Å². The van der Waals surface area contributed by atoms with Crippen LogP contribution in [-0.4, -0.2) is 24.3 Å². The summed E-state index contributed by atoms with van der Waals surface area (Å²) in [5.41, 5.74) is 1.85. The second kappa shape index (κ2) is 6.60. The zero-order valence-electron chi connectivity index (χ0n) is 12.5. The number of aromatic nitrogens is 1. The lowest BCUT2D eigenvalue weighted by Crippen LogP contribution is -1.85. The maximum absolute atomic E-state index is 9.83. The van der Waals surface area contributed by atoms with Crippen molar-refractivity contribution >= 4 is 49.6 Å². The molecule has 0 aliphatic heterocycles. The largest absolute Gasteiger partial charge is 0.503 e. The van der Waals surface area contributed by atoms with E-state index in [4.69, 9.17) is 9.47 Å². The van der Waals surface area contributed by atoms with Gasteiger partial charge in [-0.2, -0.15) is 0 Å². The molecule has 4 nitrogen and oxygen atoms in total. The highest BCUT2D eigenvalue weighted by atomic mass is 79.9. The van der Waals surface area contributed by atoms with Crippen LogP contribution < -0.4 is 9.47 Å². The Labute approximate surface area is 146 Å². The maximum Gasteiger partial charge on any atom is 0.172 e. The summed E-state index contributed by atoms with van der Waals surface area (Å²) in [7, 11) is 3.18. The van der Waals surface area contributed by atoms with Crippen LogP contribution in [0.1, 0.15) is 10.6 Å². The molecule has 0 bridgehead atoms. The standard InChI is InChI=1S/C17H14BrNO3S/c1-21-11-4-5-13-15(9-11)23-16(19-13)6-3-10-7-12(18)17(20)14(8-10)22-2/h3-9,20H,1-2H3/b6-3+. The van der Waals surface area contributed by atoms with E-state index in [1.54, 1.807) is 24.5 Å². The van der Waals surface area contributed by atoms with Crippen molar-refractivity contribution in [2.75, 3.05) is 14.2 Å². The lowest BCUT2D eigenvalue weighted by Gasteiger charge is -2.06. The van der Waals surface area contributed by atoms with Crippen molar-refractivity contribution in [3.05, 3.63) is 45.4 Å². The average Bonchev–Trinajstić information content (AvgIpc) is 2.97. The van der Waals surface area contributed by atoms with Gasteiger partial charge in [-0.15, -0.1) is 11.3 Å². The Balaban J connectivity index is 1.92. The Kier molecular flexibility index (Phi) is 4.54. The van der Waals surface area contributed by atoms with Gasteiger partial charge in [0, 0.05) is 0 Å². The van der Waals surface area contributed by atoms with Crippen LogP contribution in [0.3, 0.4) is 0 Å². The number of phenols is 1. The van der Waals surface area contributed by atoms with Crippen molar-refractivity contribution in [1.82, 2.24) is 4.98 Å². The molecule has 0 aliphatic rings. The molecular formula is C17H14BrNO3S. The van der Waals surface area contributed by atoms with Crippen molar-refractivity contribution in [3.63, 3.8) is 0 Å². The van der Waals surface area contributed by atoms with Crippen LogP contribution in [0, 0.1) is 0 Å². The molecule has 6 heteroatoms. The number of ether oxygens (including phenoxy) is 2. The number of aromatic hydroxyl groups is 1. The van der Waals surface area contributed by atoms with Crippen molar-refractivity contribution in [2.24, 2.45) is 0 Å².